The molecular weight excluding hydrogens is 448 g/mol. The maximum Gasteiger partial charge on any atom is 0.261 e. The number of anilines is 1. The molecule has 1 saturated heterocycles. The first-order valence-electron chi connectivity index (χ1n) is 11.3. The molecule has 0 amide bonds. The summed E-state index contributed by atoms with van der Waals surface area (Å²) in [5.74, 6) is 0.523. The molecule has 3 aromatic heterocycles. The lowest BCUT2D eigenvalue weighted by molar-refractivity contribution is 0.0278. The van der Waals surface area contributed by atoms with E-state index in [1.807, 2.05) is 54.2 Å². The normalized spacial score (nSPS) is 17.3. The summed E-state index contributed by atoms with van der Waals surface area (Å²) in [5, 5.41) is 9.83. The van der Waals surface area contributed by atoms with E-state index in [4.69, 9.17) is 9.72 Å². The van der Waals surface area contributed by atoms with Crippen LogP contribution in [0.1, 0.15) is 30.3 Å². The minimum absolute atomic E-state index is 0.00478. The monoisotopic (exact) mass is 472 g/mol. The summed E-state index contributed by atoms with van der Waals surface area (Å²) in [6.07, 6.45) is 0.00478. The van der Waals surface area contributed by atoms with Gasteiger partial charge in [0.2, 0.25) is 0 Å². The molecule has 0 bridgehead atoms. The number of thiazole rings is 1. The summed E-state index contributed by atoms with van der Waals surface area (Å²) < 4.78 is 5.90. The van der Waals surface area contributed by atoms with Gasteiger partial charge in [0, 0.05) is 23.9 Å². The Morgan fingerprint density at radius 2 is 2.09 bits per heavy atom. The Morgan fingerprint density at radius 3 is 2.91 bits per heavy atom. The first kappa shape index (κ1) is 21.0. The molecule has 2 unspecified atom stereocenters. The van der Waals surface area contributed by atoms with E-state index in [2.05, 4.69) is 31.7 Å². The van der Waals surface area contributed by atoms with Gasteiger partial charge in [-0.15, -0.1) is 11.3 Å². The molecule has 6 rings (SSSR count). The molecule has 8 nitrogen and oxygen atoms in total. The van der Waals surface area contributed by atoms with Gasteiger partial charge in [-0.25, -0.2) is 9.97 Å². The largest absolute Gasteiger partial charge is 0.376 e. The van der Waals surface area contributed by atoms with Crippen molar-refractivity contribution >= 4 is 39.0 Å². The zero-order chi connectivity index (χ0) is 23.1. The highest BCUT2D eigenvalue weighted by Crippen LogP contribution is 2.34. The number of aromatic nitrogens is 4. The predicted molar refractivity (Wildman–Crippen MR) is 135 cm³/mol. The van der Waals surface area contributed by atoms with E-state index >= 15 is 0 Å². The lowest BCUT2D eigenvalue weighted by Crippen LogP contribution is -2.33. The van der Waals surface area contributed by atoms with Gasteiger partial charge in [0.15, 0.2) is 0 Å². The molecule has 34 heavy (non-hydrogen) atoms. The topological polar surface area (TPSA) is 108 Å². The van der Waals surface area contributed by atoms with Crippen molar-refractivity contribution in [2.75, 3.05) is 25.0 Å². The summed E-state index contributed by atoms with van der Waals surface area (Å²) in [6, 6.07) is 13.8. The molecule has 1 aliphatic heterocycles. The van der Waals surface area contributed by atoms with E-state index in [1.54, 1.807) is 11.3 Å². The second-order valence-electron chi connectivity index (χ2n) is 8.45. The molecule has 0 aliphatic carbocycles. The average Bonchev–Trinajstić information content (AvgIpc) is 3.54. The lowest BCUT2D eigenvalue weighted by atomic mass is 10.1. The second-order valence-corrected chi connectivity index (χ2v) is 9.17. The van der Waals surface area contributed by atoms with Crippen molar-refractivity contribution in [2.45, 2.75) is 19.1 Å². The van der Waals surface area contributed by atoms with E-state index in [0.29, 0.717) is 18.0 Å². The summed E-state index contributed by atoms with van der Waals surface area (Å²) in [5.41, 5.74) is 7.27. The maximum absolute atomic E-state index is 13.3. The van der Waals surface area contributed by atoms with Crippen LogP contribution in [0.5, 0.6) is 0 Å². The molecule has 4 N–H and O–H groups in total. The van der Waals surface area contributed by atoms with Gasteiger partial charge in [-0.1, -0.05) is 24.3 Å². The molecule has 172 valence electrons. The Balaban J connectivity index is 1.48. The number of hydrogen-bond donors (Lipinski definition) is 4. The fraction of sp³-hybridized carbons (Fsp3) is 0.240. The average molecular weight is 473 g/mol. The second kappa shape index (κ2) is 8.68. The Kier molecular flexibility index (Phi) is 5.37. The molecule has 1 fully saturated rings. The number of para-hydroxylation sites is 1. The fourth-order valence-electron chi connectivity index (χ4n) is 4.47. The summed E-state index contributed by atoms with van der Waals surface area (Å²) in [6.45, 7) is 4.37. The molecule has 1 aliphatic rings. The number of pyridine rings is 1. The molecule has 5 aromatic rings. The lowest BCUT2D eigenvalue weighted by Gasteiger charge is -2.23. The van der Waals surface area contributed by atoms with Crippen molar-refractivity contribution < 1.29 is 4.74 Å². The number of nitrogens with zero attached hydrogens (tertiary/aromatic N) is 2. The van der Waals surface area contributed by atoms with Crippen LogP contribution in [0.2, 0.25) is 0 Å². The van der Waals surface area contributed by atoms with Crippen molar-refractivity contribution in [1.82, 2.24) is 25.3 Å². The summed E-state index contributed by atoms with van der Waals surface area (Å²) >= 11 is 1.55. The smallest absolute Gasteiger partial charge is 0.261 e. The summed E-state index contributed by atoms with van der Waals surface area (Å²) in [7, 11) is 0. The quantitative estimate of drug-likeness (QED) is 0.303. The van der Waals surface area contributed by atoms with Crippen LogP contribution in [0.25, 0.3) is 33.3 Å². The Hall–Kier alpha value is -3.53. The third-order valence-corrected chi connectivity index (χ3v) is 6.82. The maximum atomic E-state index is 13.3. The number of hydrogen-bond acceptors (Lipinski definition) is 7. The van der Waals surface area contributed by atoms with Crippen molar-refractivity contribution in [1.29, 1.82) is 0 Å². The number of nitrogens with one attached hydrogen (secondary N) is 4. The molecule has 2 aromatic carbocycles. The molecule has 0 radical (unpaired) electrons. The van der Waals surface area contributed by atoms with Gasteiger partial charge in [-0.3, -0.25) is 4.79 Å². The molecule has 2 atom stereocenters. The Morgan fingerprint density at radius 1 is 1.18 bits per heavy atom. The third kappa shape index (κ3) is 3.77. The number of benzene rings is 2. The third-order valence-electron chi connectivity index (χ3n) is 6.22. The van der Waals surface area contributed by atoms with Gasteiger partial charge in [-0.05, 0) is 30.7 Å². The number of imidazole rings is 1. The van der Waals surface area contributed by atoms with Crippen molar-refractivity contribution in [2.24, 2.45) is 0 Å². The van der Waals surface area contributed by atoms with Gasteiger partial charge < -0.3 is 25.3 Å². The highest BCUT2D eigenvalue weighted by atomic mass is 32.1. The van der Waals surface area contributed by atoms with Crippen LogP contribution in [0.3, 0.4) is 0 Å². The van der Waals surface area contributed by atoms with Crippen molar-refractivity contribution in [3.63, 3.8) is 0 Å². The van der Waals surface area contributed by atoms with E-state index in [0.717, 1.165) is 52.0 Å². The standard InChI is InChI=1S/C25H24N6O2S/c1-14(20-12-34-13-27-20)28-23-16-4-2-3-5-17(16)31-25(32)22(23)24-29-18-7-6-15(10-19(18)30-24)21-11-26-8-9-33-21/h2-7,10,12-14,21,26H,8-9,11H2,1H3,(H,29,30)(H2,28,31,32). The Labute approximate surface area is 199 Å². The van der Waals surface area contributed by atoms with Crippen LogP contribution < -0.4 is 16.2 Å². The minimum atomic E-state index is -0.203. The highest BCUT2D eigenvalue weighted by molar-refractivity contribution is 7.07. The van der Waals surface area contributed by atoms with Crippen molar-refractivity contribution in [3.8, 4) is 11.4 Å². The van der Waals surface area contributed by atoms with E-state index < -0.39 is 0 Å². The highest BCUT2D eigenvalue weighted by Gasteiger charge is 2.21. The zero-order valence-electron chi connectivity index (χ0n) is 18.6. The molecule has 0 spiro atoms. The van der Waals surface area contributed by atoms with Crippen LogP contribution in [0.4, 0.5) is 5.69 Å². The fourth-order valence-corrected chi connectivity index (χ4v) is 5.12. The Bertz CT molecular complexity index is 1520. The summed E-state index contributed by atoms with van der Waals surface area (Å²) in [4.78, 5) is 28.9. The van der Waals surface area contributed by atoms with Crippen molar-refractivity contribution in [3.05, 3.63) is 75.0 Å². The van der Waals surface area contributed by atoms with E-state index in [1.165, 1.54) is 0 Å². The van der Waals surface area contributed by atoms with E-state index in [9.17, 15) is 4.79 Å². The zero-order valence-corrected chi connectivity index (χ0v) is 19.4. The molecular formula is C25H24N6O2S. The number of rotatable bonds is 5. The van der Waals surface area contributed by atoms with Crippen LogP contribution in [-0.4, -0.2) is 39.6 Å². The van der Waals surface area contributed by atoms with Crippen LogP contribution in [0.15, 0.2) is 58.1 Å². The van der Waals surface area contributed by atoms with Gasteiger partial charge in [0.05, 0.1) is 52.2 Å². The molecule has 0 saturated carbocycles. The number of morpholine rings is 1. The minimum Gasteiger partial charge on any atom is -0.376 e. The first-order valence-corrected chi connectivity index (χ1v) is 12.2. The van der Waals surface area contributed by atoms with Crippen LogP contribution >= 0.6 is 11.3 Å². The number of fused-ring (bicyclic) bond motifs is 2. The first-order chi connectivity index (χ1) is 16.7. The van der Waals surface area contributed by atoms with Gasteiger partial charge in [0.25, 0.3) is 5.56 Å². The number of aromatic amines is 2. The van der Waals surface area contributed by atoms with Crippen LogP contribution in [0, 0.1) is 0 Å². The van der Waals surface area contributed by atoms with Gasteiger partial charge in [-0.2, -0.15) is 0 Å². The number of H-pyrrole nitrogens is 2. The predicted octanol–water partition coefficient (Wildman–Crippen LogP) is 4.36. The van der Waals surface area contributed by atoms with Gasteiger partial charge in [0.1, 0.15) is 11.4 Å². The van der Waals surface area contributed by atoms with Gasteiger partial charge >= 0.3 is 0 Å². The SMILES string of the molecule is CC(Nc1c(-c2nc3ccc(C4CNCCO4)cc3[nH]2)c(=O)[nH]c2ccccc12)c1cscn1. The molecule has 4 heterocycles. The number of ether oxygens (including phenoxy) is 1. The molecule has 9 heteroatoms. The van der Waals surface area contributed by atoms with E-state index in [-0.39, 0.29) is 17.7 Å². The van der Waals surface area contributed by atoms with Crippen LogP contribution in [-0.2, 0) is 4.74 Å².